The fraction of sp³-hybridized carbons (Fsp3) is 0.667. The van der Waals surface area contributed by atoms with Crippen molar-refractivity contribution in [3.05, 3.63) is 16.1 Å². The monoisotopic (exact) mass is 467 g/mol. The van der Waals surface area contributed by atoms with Crippen molar-refractivity contribution in [2.75, 3.05) is 39.3 Å². The van der Waals surface area contributed by atoms with E-state index < -0.39 is 0 Å². The van der Waals surface area contributed by atoms with Crippen LogP contribution in [0.2, 0.25) is 0 Å². The summed E-state index contributed by atoms with van der Waals surface area (Å²) in [4.78, 5) is 25.8. The molecule has 1 amide bonds. The summed E-state index contributed by atoms with van der Waals surface area (Å²) in [5.74, 6) is 0.892. The summed E-state index contributed by atoms with van der Waals surface area (Å²) in [5, 5.41) is 3.33. The molecule has 0 aromatic carbocycles. The van der Waals surface area contributed by atoms with Crippen LogP contribution in [0.1, 0.15) is 24.4 Å². The number of aryl methyl sites for hydroxylation is 1. The summed E-state index contributed by atoms with van der Waals surface area (Å²) >= 11 is 1.63. The fourth-order valence-corrected chi connectivity index (χ4v) is 3.07. The zero-order valence-electron chi connectivity index (χ0n) is 14.4. The van der Waals surface area contributed by atoms with Crippen molar-refractivity contribution in [3.63, 3.8) is 0 Å². The topological polar surface area (TPSA) is 70.1 Å². The van der Waals surface area contributed by atoms with Gasteiger partial charge in [-0.3, -0.25) is 0 Å². The molecule has 0 aliphatic carbocycles. The third-order valence-electron chi connectivity index (χ3n) is 3.66. The van der Waals surface area contributed by atoms with Crippen molar-refractivity contribution in [2.45, 2.75) is 27.3 Å². The number of nitrogens with zero attached hydrogens (tertiary/aromatic N) is 4. The molecule has 1 aliphatic rings. The minimum atomic E-state index is -0.227. The number of carbonyl (C=O) groups is 1. The lowest BCUT2D eigenvalue weighted by Crippen LogP contribution is -2.53. The minimum Gasteiger partial charge on any atom is -0.450 e. The molecule has 9 heteroatoms. The van der Waals surface area contributed by atoms with E-state index >= 15 is 0 Å². The number of guanidine groups is 1. The maximum atomic E-state index is 11.8. The number of rotatable bonds is 4. The number of aromatic nitrogens is 1. The maximum Gasteiger partial charge on any atom is 0.409 e. The van der Waals surface area contributed by atoms with Gasteiger partial charge in [-0.2, -0.15) is 0 Å². The van der Waals surface area contributed by atoms with E-state index in [4.69, 9.17) is 9.73 Å². The number of hydrogen-bond acceptors (Lipinski definition) is 5. The number of carbonyl (C=O) groups excluding carboxylic acids is 1. The van der Waals surface area contributed by atoms with Crippen LogP contribution in [0.3, 0.4) is 0 Å². The average Bonchev–Trinajstić information content (AvgIpc) is 2.97. The Morgan fingerprint density at radius 1 is 1.33 bits per heavy atom. The molecule has 0 spiro atoms. The van der Waals surface area contributed by atoms with Gasteiger partial charge < -0.3 is 19.9 Å². The van der Waals surface area contributed by atoms with Crippen molar-refractivity contribution in [1.29, 1.82) is 0 Å². The molecule has 1 aromatic heterocycles. The van der Waals surface area contributed by atoms with Crippen LogP contribution in [0.5, 0.6) is 0 Å². The second kappa shape index (κ2) is 10.7. The Kier molecular flexibility index (Phi) is 9.34. The highest BCUT2D eigenvalue weighted by Crippen LogP contribution is 2.13. The first-order valence-corrected chi connectivity index (χ1v) is 8.87. The van der Waals surface area contributed by atoms with Crippen LogP contribution in [0.25, 0.3) is 0 Å². The summed E-state index contributed by atoms with van der Waals surface area (Å²) < 4.78 is 5.05. The van der Waals surface area contributed by atoms with E-state index in [1.165, 1.54) is 4.88 Å². The first-order chi connectivity index (χ1) is 11.2. The number of ether oxygens (including phenoxy) is 1. The van der Waals surface area contributed by atoms with Gasteiger partial charge in [0.2, 0.25) is 0 Å². The highest BCUT2D eigenvalue weighted by molar-refractivity contribution is 14.0. The number of hydrogen-bond donors (Lipinski definition) is 1. The number of halogens is 1. The van der Waals surface area contributed by atoms with Crippen molar-refractivity contribution in [3.8, 4) is 0 Å². The van der Waals surface area contributed by atoms with Gasteiger partial charge in [0.05, 0.1) is 24.4 Å². The molecule has 2 heterocycles. The third-order valence-corrected chi connectivity index (χ3v) is 4.58. The fourth-order valence-electron chi connectivity index (χ4n) is 2.37. The van der Waals surface area contributed by atoms with Gasteiger partial charge in [-0.1, -0.05) is 0 Å². The van der Waals surface area contributed by atoms with Crippen molar-refractivity contribution in [1.82, 2.24) is 20.1 Å². The van der Waals surface area contributed by atoms with Crippen LogP contribution in [0.4, 0.5) is 4.79 Å². The van der Waals surface area contributed by atoms with Crippen molar-refractivity contribution in [2.24, 2.45) is 4.99 Å². The van der Waals surface area contributed by atoms with Crippen LogP contribution in [-0.4, -0.2) is 66.2 Å². The Morgan fingerprint density at radius 2 is 2.00 bits per heavy atom. The summed E-state index contributed by atoms with van der Waals surface area (Å²) in [6.07, 6.45) is -0.227. The molecule has 1 fully saturated rings. The molecule has 1 N–H and O–H groups in total. The number of nitrogens with one attached hydrogen (secondary N) is 1. The van der Waals surface area contributed by atoms with Gasteiger partial charge in [0, 0.05) is 37.6 Å². The minimum absolute atomic E-state index is 0. The Bertz CT molecular complexity index is 544. The van der Waals surface area contributed by atoms with E-state index in [-0.39, 0.29) is 30.1 Å². The van der Waals surface area contributed by atoms with Gasteiger partial charge in [-0.15, -0.1) is 35.3 Å². The van der Waals surface area contributed by atoms with Gasteiger partial charge in [-0.25, -0.2) is 14.8 Å². The van der Waals surface area contributed by atoms with Crippen LogP contribution < -0.4 is 5.32 Å². The summed E-state index contributed by atoms with van der Waals surface area (Å²) in [6, 6.07) is 0. The lowest BCUT2D eigenvalue weighted by Gasteiger charge is -2.35. The lowest BCUT2D eigenvalue weighted by molar-refractivity contribution is 0.0914. The van der Waals surface area contributed by atoms with Crippen LogP contribution in [-0.2, 0) is 11.3 Å². The van der Waals surface area contributed by atoms with Crippen molar-refractivity contribution >= 4 is 47.4 Å². The second-order valence-corrected chi connectivity index (χ2v) is 6.14. The predicted molar refractivity (Wildman–Crippen MR) is 107 cm³/mol. The normalized spacial score (nSPS) is 15.0. The zero-order valence-corrected chi connectivity index (χ0v) is 17.6. The van der Waals surface area contributed by atoms with Crippen LogP contribution in [0.15, 0.2) is 10.5 Å². The van der Waals surface area contributed by atoms with Gasteiger partial charge in [0.15, 0.2) is 5.96 Å². The van der Waals surface area contributed by atoms with Crippen LogP contribution >= 0.6 is 35.3 Å². The van der Waals surface area contributed by atoms with E-state index in [9.17, 15) is 4.79 Å². The Balaban J connectivity index is 0.00000288. The average molecular weight is 467 g/mol. The number of amides is 1. The molecule has 0 saturated carbocycles. The van der Waals surface area contributed by atoms with E-state index in [0.29, 0.717) is 26.2 Å². The predicted octanol–water partition coefficient (Wildman–Crippen LogP) is 2.31. The summed E-state index contributed by atoms with van der Waals surface area (Å²) in [6.45, 7) is 10.6. The Morgan fingerprint density at radius 3 is 2.54 bits per heavy atom. The highest BCUT2D eigenvalue weighted by Gasteiger charge is 2.23. The number of aliphatic imine (C=N–C) groups is 1. The molecular weight excluding hydrogens is 441 g/mol. The Labute approximate surface area is 164 Å². The van der Waals surface area contributed by atoms with Gasteiger partial charge in [0.25, 0.3) is 0 Å². The molecule has 1 saturated heterocycles. The first kappa shape index (κ1) is 20.9. The molecule has 0 bridgehead atoms. The molecular formula is C15H26IN5O2S. The zero-order chi connectivity index (χ0) is 16.7. The van der Waals surface area contributed by atoms with Gasteiger partial charge >= 0.3 is 6.09 Å². The molecule has 0 radical (unpaired) electrons. The molecule has 1 aromatic rings. The standard InChI is InChI=1S/C15H25N5O2S.HI/c1-4-16-14(17-10-13-12(3)18-11-23-13)19-6-8-20(9-7-19)15(21)22-5-2;/h11H,4-10H2,1-3H3,(H,16,17);1H. The number of piperazine rings is 1. The largest absolute Gasteiger partial charge is 0.450 e. The van der Waals surface area contributed by atoms with E-state index in [0.717, 1.165) is 31.3 Å². The second-order valence-electron chi connectivity index (χ2n) is 5.20. The maximum absolute atomic E-state index is 11.8. The number of thiazole rings is 1. The van der Waals surface area contributed by atoms with E-state index in [1.807, 2.05) is 19.4 Å². The van der Waals surface area contributed by atoms with Crippen molar-refractivity contribution < 1.29 is 9.53 Å². The molecule has 2 rings (SSSR count). The van der Waals surface area contributed by atoms with E-state index in [1.54, 1.807) is 16.2 Å². The summed E-state index contributed by atoms with van der Waals surface area (Å²) in [7, 11) is 0. The first-order valence-electron chi connectivity index (χ1n) is 7.99. The Hall–Kier alpha value is -1.10. The third kappa shape index (κ3) is 5.76. The molecule has 24 heavy (non-hydrogen) atoms. The highest BCUT2D eigenvalue weighted by atomic mass is 127. The van der Waals surface area contributed by atoms with E-state index in [2.05, 4.69) is 22.1 Å². The quantitative estimate of drug-likeness (QED) is 0.418. The smallest absolute Gasteiger partial charge is 0.409 e. The van der Waals surface area contributed by atoms with Crippen LogP contribution in [0, 0.1) is 6.92 Å². The summed E-state index contributed by atoms with van der Waals surface area (Å²) in [5.41, 5.74) is 2.90. The SMILES string of the molecule is CCNC(=NCc1scnc1C)N1CCN(C(=O)OCC)CC1.I. The molecule has 1 aliphatic heterocycles. The molecule has 0 unspecified atom stereocenters. The molecule has 136 valence electrons. The van der Waals surface area contributed by atoms with Gasteiger partial charge in [-0.05, 0) is 20.8 Å². The molecule has 7 nitrogen and oxygen atoms in total. The lowest BCUT2D eigenvalue weighted by atomic mass is 10.3. The van der Waals surface area contributed by atoms with Gasteiger partial charge in [0.1, 0.15) is 0 Å². The molecule has 0 atom stereocenters.